The highest BCUT2D eigenvalue weighted by Crippen LogP contribution is 2.14. The molecule has 0 aliphatic heterocycles. The maximum atomic E-state index is 6.21. The van der Waals surface area contributed by atoms with E-state index in [1.54, 1.807) is 0 Å². The van der Waals surface area contributed by atoms with Crippen molar-refractivity contribution in [1.82, 2.24) is 9.78 Å². The Morgan fingerprint density at radius 2 is 2.11 bits per heavy atom. The van der Waals surface area contributed by atoms with Gasteiger partial charge in [-0.1, -0.05) is 28.1 Å². The first kappa shape index (κ1) is 13.3. The number of nitrogens with two attached hydrogens (primary N) is 1. The molecule has 18 heavy (non-hydrogen) atoms. The highest BCUT2D eigenvalue weighted by Gasteiger charge is 2.09. The second kappa shape index (κ2) is 5.67. The van der Waals surface area contributed by atoms with Crippen LogP contribution >= 0.6 is 15.9 Å². The molecule has 0 fully saturated rings. The van der Waals surface area contributed by atoms with Crippen molar-refractivity contribution in [2.75, 3.05) is 0 Å². The molecule has 96 valence electrons. The summed E-state index contributed by atoms with van der Waals surface area (Å²) < 4.78 is 3.01. The monoisotopic (exact) mass is 307 g/mol. The van der Waals surface area contributed by atoms with Gasteiger partial charge in [0.05, 0.1) is 5.69 Å². The lowest BCUT2D eigenvalue weighted by Gasteiger charge is -2.12. The summed E-state index contributed by atoms with van der Waals surface area (Å²) in [5, 5.41) is 4.34. The first-order valence-electron chi connectivity index (χ1n) is 6.04. The Kier molecular flexibility index (Phi) is 4.19. The molecule has 0 saturated heterocycles. The Balaban J connectivity index is 2.00. The highest BCUT2D eigenvalue weighted by atomic mass is 79.9. The third kappa shape index (κ3) is 3.43. The van der Waals surface area contributed by atoms with Crippen LogP contribution in [0.25, 0.3) is 0 Å². The second-order valence-electron chi connectivity index (χ2n) is 4.70. The molecular formula is C14H18BrN3. The third-order valence-electron chi connectivity index (χ3n) is 2.96. The number of rotatable bonds is 4. The summed E-state index contributed by atoms with van der Waals surface area (Å²) >= 11 is 3.48. The molecule has 0 aliphatic carbocycles. The van der Waals surface area contributed by atoms with Crippen LogP contribution in [0.15, 0.2) is 34.8 Å². The minimum absolute atomic E-state index is 0.120. The van der Waals surface area contributed by atoms with Gasteiger partial charge in [-0.05, 0) is 37.1 Å². The minimum Gasteiger partial charge on any atom is -0.327 e. The zero-order valence-corrected chi connectivity index (χ0v) is 12.3. The van der Waals surface area contributed by atoms with Crippen LogP contribution in [0, 0.1) is 6.92 Å². The molecule has 0 spiro atoms. The third-order valence-corrected chi connectivity index (χ3v) is 3.45. The van der Waals surface area contributed by atoms with E-state index in [9.17, 15) is 0 Å². The quantitative estimate of drug-likeness (QED) is 0.943. The number of hydrogen-bond acceptors (Lipinski definition) is 2. The van der Waals surface area contributed by atoms with Crippen LogP contribution in [0.5, 0.6) is 0 Å². The van der Waals surface area contributed by atoms with E-state index >= 15 is 0 Å². The normalized spacial score (nSPS) is 12.7. The van der Waals surface area contributed by atoms with Crippen LogP contribution in [0.4, 0.5) is 0 Å². The van der Waals surface area contributed by atoms with Gasteiger partial charge in [0.25, 0.3) is 0 Å². The summed E-state index contributed by atoms with van der Waals surface area (Å²) in [6.45, 7) is 2.00. The summed E-state index contributed by atoms with van der Waals surface area (Å²) in [5.41, 5.74) is 9.70. The number of halogens is 1. The van der Waals surface area contributed by atoms with Gasteiger partial charge in [0.2, 0.25) is 0 Å². The fourth-order valence-corrected chi connectivity index (χ4v) is 2.61. The lowest BCUT2D eigenvalue weighted by Crippen LogP contribution is -2.26. The smallest absolute Gasteiger partial charge is 0.0596 e. The van der Waals surface area contributed by atoms with Crippen molar-refractivity contribution in [3.05, 3.63) is 51.8 Å². The molecular weight excluding hydrogens is 290 g/mol. The minimum atomic E-state index is 0.120. The first-order chi connectivity index (χ1) is 8.54. The van der Waals surface area contributed by atoms with Crippen LogP contribution in [0.1, 0.15) is 17.0 Å². The lowest BCUT2D eigenvalue weighted by atomic mass is 10.0. The zero-order valence-electron chi connectivity index (χ0n) is 10.7. The first-order valence-corrected chi connectivity index (χ1v) is 6.83. The largest absolute Gasteiger partial charge is 0.327 e. The van der Waals surface area contributed by atoms with Crippen molar-refractivity contribution in [2.24, 2.45) is 12.8 Å². The summed E-state index contributed by atoms with van der Waals surface area (Å²) in [7, 11) is 1.97. The Morgan fingerprint density at radius 1 is 1.33 bits per heavy atom. The molecule has 2 rings (SSSR count). The predicted octanol–water partition coefficient (Wildman–Crippen LogP) is 2.60. The average Bonchev–Trinajstić information content (AvgIpc) is 2.57. The Labute approximate surface area is 116 Å². The van der Waals surface area contributed by atoms with Crippen molar-refractivity contribution >= 4 is 15.9 Å². The van der Waals surface area contributed by atoms with Gasteiger partial charge in [0, 0.05) is 29.7 Å². The van der Waals surface area contributed by atoms with E-state index in [1.807, 2.05) is 30.8 Å². The molecule has 2 aromatic rings. The second-order valence-corrected chi connectivity index (χ2v) is 5.61. The maximum Gasteiger partial charge on any atom is 0.0596 e. The molecule has 0 amide bonds. The Morgan fingerprint density at radius 3 is 2.72 bits per heavy atom. The van der Waals surface area contributed by atoms with Gasteiger partial charge in [-0.25, -0.2) is 0 Å². The van der Waals surface area contributed by atoms with Gasteiger partial charge in [-0.15, -0.1) is 0 Å². The molecule has 3 nitrogen and oxygen atoms in total. The van der Waals surface area contributed by atoms with Gasteiger partial charge in [-0.3, -0.25) is 4.68 Å². The number of aromatic nitrogens is 2. The standard InChI is InChI=1S/C14H18BrN3/c1-10-6-14(18(2)17-10)9-13(16)8-11-4-3-5-12(15)7-11/h3-7,13H,8-9,16H2,1-2H3. The van der Waals surface area contributed by atoms with E-state index in [2.05, 4.69) is 39.2 Å². The van der Waals surface area contributed by atoms with E-state index in [0.717, 1.165) is 23.0 Å². The fourth-order valence-electron chi connectivity index (χ4n) is 2.16. The number of nitrogens with zero attached hydrogens (tertiary/aromatic N) is 2. The lowest BCUT2D eigenvalue weighted by molar-refractivity contribution is 0.612. The molecule has 1 aromatic heterocycles. The van der Waals surface area contributed by atoms with E-state index in [1.165, 1.54) is 11.3 Å². The van der Waals surface area contributed by atoms with Crippen molar-refractivity contribution in [3.63, 3.8) is 0 Å². The molecule has 0 saturated carbocycles. The zero-order chi connectivity index (χ0) is 13.1. The summed E-state index contributed by atoms with van der Waals surface area (Å²) in [4.78, 5) is 0. The van der Waals surface area contributed by atoms with Gasteiger partial charge in [-0.2, -0.15) is 5.10 Å². The maximum absolute atomic E-state index is 6.21. The van der Waals surface area contributed by atoms with Crippen molar-refractivity contribution in [3.8, 4) is 0 Å². The van der Waals surface area contributed by atoms with Crippen molar-refractivity contribution in [2.45, 2.75) is 25.8 Å². The fraction of sp³-hybridized carbons (Fsp3) is 0.357. The number of aryl methyl sites for hydroxylation is 2. The van der Waals surface area contributed by atoms with E-state index in [-0.39, 0.29) is 6.04 Å². The SMILES string of the molecule is Cc1cc(CC(N)Cc2cccc(Br)c2)n(C)n1. The van der Waals surface area contributed by atoms with Crippen LogP contribution < -0.4 is 5.73 Å². The van der Waals surface area contributed by atoms with Gasteiger partial charge in [0.15, 0.2) is 0 Å². The predicted molar refractivity (Wildman–Crippen MR) is 77.5 cm³/mol. The van der Waals surface area contributed by atoms with Crippen LogP contribution in [-0.4, -0.2) is 15.8 Å². The van der Waals surface area contributed by atoms with E-state index in [4.69, 9.17) is 5.73 Å². The highest BCUT2D eigenvalue weighted by molar-refractivity contribution is 9.10. The Bertz CT molecular complexity index is 534. The molecule has 0 radical (unpaired) electrons. The van der Waals surface area contributed by atoms with E-state index < -0.39 is 0 Å². The Hall–Kier alpha value is -1.13. The van der Waals surface area contributed by atoms with Crippen LogP contribution in [-0.2, 0) is 19.9 Å². The average molecular weight is 308 g/mol. The van der Waals surface area contributed by atoms with Crippen LogP contribution in [0.2, 0.25) is 0 Å². The summed E-state index contributed by atoms with van der Waals surface area (Å²) in [6, 6.07) is 10.5. The number of hydrogen-bond donors (Lipinski definition) is 1. The van der Waals surface area contributed by atoms with E-state index in [0.29, 0.717) is 0 Å². The van der Waals surface area contributed by atoms with Gasteiger partial charge < -0.3 is 5.73 Å². The summed E-state index contributed by atoms with van der Waals surface area (Å²) in [5.74, 6) is 0. The topological polar surface area (TPSA) is 43.8 Å². The van der Waals surface area contributed by atoms with Gasteiger partial charge >= 0.3 is 0 Å². The molecule has 1 unspecified atom stereocenters. The molecule has 0 bridgehead atoms. The molecule has 1 heterocycles. The molecule has 0 aliphatic rings. The molecule has 4 heteroatoms. The van der Waals surface area contributed by atoms with Crippen molar-refractivity contribution < 1.29 is 0 Å². The molecule has 2 N–H and O–H groups in total. The van der Waals surface area contributed by atoms with Crippen LogP contribution in [0.3, 0.4) is 0 Å². The van der Waals surface area contributed by atoms with Gasteiger partial charge in [0.1, 0.15) is 0 Å². The molecule has 1 atom stereocenters. The number of benzene rings is 1. The molecule has 1 aromatic carbocycles. The van der Waals surface area contributed by atoms with Crippen molar-refractivity contribution in [1.29, 1.82) is 0 Å². The summed E-state index contributed by atoms with van der Waals surface area (Å²) in [6.07, 6.45) is 1.73.